The number of pyridine rings is 1. The minimum Gasteiger partial charge on any atom is -0.411 e. The molecule has 1 rings (SSSR count). The van der Waals surface area contributed by atoms with Crippen molar-refractivity contribution in [3.63, 3.8) is 0 Å². The molecule has 0 fully saturated rings. The molecular weight excluding hydrogens is 200 g/mol. The molecule has 0 bridgehead atoms. The van der Waals surface area contributed by atoms with E-state index in [2.05, 4.69) is 10.1 Å². The molecule has 0 unspecified atom stereocenters. The summed E-state index contributed by atoms with van der Waals surface area (Å²) in [6.45, 7) is 3.58. The van der Waals surface area contributed by atoms with Gasteiger partial charge in [0.15, 0.2) is 0 Å². The van der Waals surface area contributed by atoms with Gasteiger partial charge in [0, 0.05) is 12.4 Å². The Morgan fingerprint density at radius 2 is 2.21 bits per heavy atom. The fraction of sp³-hybridized carbons (Fsp3) is 0.200. The number of hydrogen-bond donors (Lipinski definition) is 1. The molecule has 1 heterocycles. The fourth-order valence-corrected chi connectivity index (χ4v) is 1.12. The third-order valence-electron chi connectivity index (χ3n) is 1.83. The molecule has 3 nitrogen and oxygen atoms in total. The first-order chi connectivity index (χ1) is 6.63. The first-order valence-corrected chi connectivity index (χ1v) is 4.49. The Morgan fingerprint density at radius 3 is 2.79 bits per heavy atom. The zero-order chi connectivity index (χ0) is 10.6. The van der Waals surface area contributed by atoms with Crippen molar-refractivity contribution in [2.45, 2.75) is 13.8 Å². The van der Waals surface area contributed by atoms with Crippen molar-refractivity contribution in [3.8, 4) is 0 Å². The smallest absolute Gasteiger partial charge is 0.0794 e. The van der Waals surface area contributed by atoms with Crippen molar-refractivity contribution in [2.75, 3.05) is 0 Å². The van der Waals surface area contributed by atoms with E-state index in [0.717, 1.165) is 11.1 Å². The van der Waals surface area contributed by atoms with E-state index in [-0.39, 0.29) is 0 Å². The molecule has 14 heavy (non-hydrogen) atoms. The molecule has 0 aliphatic carbocycles. The molecule has 74 valence electrons. The van der Waals surface area contributed by atoms with Crippen molar-refractivity contribution in [2.24, 2.45) is 5.16 Å². The molecule has 1 aromatic rings. The summed E-state index contributed by atoms with van der Waals surface area (Å²) < 4.78 is 0. The highest BCUT2D eigenvalue weighted by Gasteiger charge is 1.96. The lowest BCUT2D eigenvalue weighted by Gasteiger charge is -1.98. The van der Waals surface area contributed by atoms with Gasteiger partial charge in [0.1, 0.15) is 0 Å². The Hall–Kier alpha value is -1.35. The second-order valence-electron chi connectivity index (χ2n) is 2.95. The normalized spacial score (nSPS) is 13.1. The Balaban J connectivity index is 2.97. The van der Waals surface area contributed by atoms with Crippen LogP contribution < -0.4 is 0 Å². The number of rotatable bonds is 2. The summed E-state index contributed by atoms with van der Waals surface area (Å²) in [6.07, 6.45) is 5.12. The number of aromatic nitrogens is 1. The lowest BCUT2D eigenvalue weighted by atomic mass is 10.1. The van der Waals surface area contributed by atoms with E-state index in [4.69, 9.17) is 16.8 Å². The minimum atomic E-state index is 0.574. The second-order valence-corrected chi connectivity index (χ2v) is 3.39. The Labute approximate surface area is 87.7 Å². The Kier molecular flexibility index (Phi) is 3.65. The SMILES string of the molecule is CC(=C\c1cncc(Cl)c1)/C(C)=N/O. The predicted molar refractivity (Wildman–Crippen MR) is 57.8 cm³/mol. The van der Waals surface area contributed by atoms with Gasteiger partial charge in [0.05, 0.1) is 10.7 Å². The standard InChI is InChI=1S/C10H11ClN2O/c1-7(8(2)13-14)3-9-4-10(11)6-12-5-9/h3-6,14H,1-2H3/b7-3+,13-8+. The minimum absolute atomic E-state index is 0.574. The zero-order valence-corrected chi connectivity index (χ0v) is 8.78. The summed E-state index contributed by atoms with van der Waals surface area (Å²) in [7, 11) is 0. The molecule has 0 radical (unpaired) electrons. The van der Waals surface area contributed by atoms with Gasteiger partial charge >= 0.3 is 0 Å². The van der Waals surface area contributed by atoms with Gasteiger partial charge in [-0.15, -0.1) is 0 Å². The van der Waals surface area contributed by atoms with E-state index in [1.807, 2.05) is 13.0 Å². The van der Waals surface area contributed by atoms with Crippen molar-refractivity contribution >= 4 is 23.4 Å². The third-order valence-corrected chi connectivity index (χ3v) is 2.04. The van der Waals surface area contributed by atoms with Crippen LogP contribution in [0.2, 0.25) is 5.02 Å². The van der Waals surface area contributed by atoms with E-state index >= 15 is 0 Å². The maximum atomic E-state index is 8.54. The van der Waals surface area contributed by atoms with Crippen LogP contribution >= 0.6 is 11.6 Å². The van der Waals surface area contributed by atoms with Crippen molar-refractivity contribution in [1.29, 1.82) is 0 Å². The van der Waals surface area contributed by atoms with Gasteiger partial charge in [-0.1, -0.05) is 16.8 Å². The van der Waals surface area contributed by atoms with E-state index < -0.39 is 0 Å². The second kappa shape index (κ2) is 4.77. The Bertz CT molecular complexity index is 385. The monoisotopic (exact) mass is 210 g/mol. The van der Waals surface area contributed by atoms with Crippen molar-refractivity contribution < 1.29 is 5.21 Å². The number of hydrogen-bond acceptors (Lipinski definition) is 3. The van der Waals surface area contributed by atoms with Gasteiger partial charge in [-0.25, -0.2) is 0 Å². The molecule has 0 saturated heterocycles. The van der Waals surface area contributed by atoms with Gasteiger partial charge in [0.25, 0.3) is 0 Å². The van der Waals surface area contributed by atoms with Crippen LogP contribution in [-0.2, 0) is 0 Å². The molecule has 4 heteroatoms. The third kappa shape index (κ3) is 2.85. The van der Waals surface area contributed by atoms with Crippen LogP contribution in [-0.4, -0.2) is 15.9 Å². The van der Waals surface area contributed by atoms with E-state index in [9.17, 15) is 0 Å². The highest BCUT2D eigenvalue weighted by atomic mass is 35.5. The van der Waals surface area contributed by atoms with Gasteiger partial charge in [-0.3, -0.25) is 4.98 Å². The molecule has 0 saturated carbocycles. The molecule has 0 atom stereocenters. The average Bonchev–Trinajstić information content (AvgIpc) is 2.16. The van der Waals surface area contributed by atoms with Crippen LogP contribution in [0.25, 0.3) is 6.08 Å². The molecule has 0 aliphatic rings. The summed E-state index contributed by atoms with van der Waals surface area (Å²) in [6, 6.07) is 1.79. The fourth-order valence-electron chi connectivity index (χ4n) is 0.941. The quantitative estimate of drug-likeness (QED) is 0.463. The van der Waals surface area contributed by atoms with E-state index in [0.29, 0.717) is 10.7 Å². The zero-order valence-electron chi connectivity index (χ0n) is 8.03. The number of oxime groups is 1. The topological polar surface area (TPSA) is 45.5 Å². The van der Waals surface area contributed by atoms with E-state index in [1.165, 1.54) is 0 Å². The van der Waals surface area contributed by atoms with Crippen LogP contribution in [0.3, 0.4) is 0 Å². The summed E-state index contributed by atoms with van der Waals surface area (Å²) in [5, 5.41) is 12.2. The van der Waals surface area contributed by atoms with Crippen molar-refractivity contribution in [1.82, 2.24) is 4.98 Å². The van der Waals surface area contributed by atoms with Crippen LogP contribution in [0.4, 0.5) is 0 Å². The summed E-state index contributed by atoms with van der Waals surface area (Å²) in [5.74, 6) is 0. The van der Waals surface area contributed by atoms with Crippen LogP contribution in [0.15, 0.2) is 29.2 Å². The maximum absolute atomic E-state index is 8.54. The highest BCUT2D eigenvalue weighted by Crippen LogP contribution is 2.12. The number of halogens is 1. The molecule has 0 spiro atoms. The van der Waals surface area contributed by atoms with Crippen LogP contribution in [0, 0.1) is 0 Å². The molecule has 0 aromatic carbocycles. The molecular formula is C10H11ClN2O. The lowest BCUT2D eigenvalue weighted by molar-refractivity contribution is 0.319. The first kappa shape index (κ1) is 10.7. The first-order valence-electron chi connectivity index (χ1n) is 4.11. The van der Waals surface area contributed by atoms with Crippen molar-refractivity contribution in [3.05, 3.63) is 34.6 Å². The molecule has 0 aliphatic heterocycles. The lowest BCUT2D eigenvalue weighted by Crippen LogP contribution is -1.92. The van der Waals surface area contributed by atoms with Gasteiger partial charge in [0.2, 0.25) is 0 Å². The molecule has 1 N–H and O–H groups in total. The number of nitrogens with zero attached hydrogens (tertiary/aromatic N) is 2. The van der Waals surface area contributed by atoms with Gasteiger partial charge in [-0.2, -0.15) is 0 Å². The van der Waals surface area contributed by atoms with Crippen LogP contribution in [0.5, 0.6) is 0 Å². The van der Waals surface area contributed by atoms with Gasteiger partial charge in [-0.05, 0) is 37.1 Å². The van der Waals surface area contributed by atoms with Crippen LogP contribution in [0.1, 0.15) is 19.4 Å². The Morgan fingerprint density at radius 1 is 1.50 bits per heavy atom. The highest BCUT2D eigenvalue weighted by molar-refractivity contribution is 6.30. The molecule has 1 aromatic heterocycles. The summed E-state index contributed by atoms with van der Waals surface area (Å²) in [5.41, 5.74) is 2.33. The van der Waals surface area contributed by atoms with E-state index in [1.54, 1.807) is 25.4 Å². The molecule has 0 amide bonds. The number of allylic oxidation sites excluding steroid dienone is 1. The average molecular weight is 211 g/mol. The predicted octanol–water partition coefficient (Wildman–Crippen LogP) is 2.99. The summed E-state index contributed by atoms with van der Waals surface area (Å²) >= 11 is 5.77. The maximum Gasteiger partial charge on any atom is 0.0794 e. The summed E-state index contributed by atoms with van der Waals surface area (Å²) in [4.78, 5) is 3.94. The van der Waals surface area contributed by atoms with Gasteiger partial charge < -0.3 is 5.21 Å². The largest absolute Gasteiger partial charge is 0.411 e.